The lowest BCUT2D eigenvalue weighted by molar-refractivity contribution is -0.119. The fourth-order valence-corrected chi connectivity index (χ4v) is 5.76. The third kappa shape index (κ3) is 8.51. The van der Waals surface area contributed by atoms with E-state index in [9.17, 15) is 13.2 Å². The lowest BCUT2D eigenvalue weighted by Crippen LogP contribution is -2.39. The minimum Gasteiger partial charge on any atom is -0.494 e. The van der Waals surface area contributed by atoms with Crippen molar-refractivity contribution in [1.29, 1.82) is 0 Å². The normalized spacial score (nSPS) is 11.3. The van der Waals surface area contributed by atoms with E-state index < -0.39 is 22.5 Å². The molecule has 8 nitrogen and oxygen atoms in total. The highest BCUT2D eigenvalue weighted by atomic mass is 35.5. The lowest BCUT2D eigenvalue weighted by Gasteiger charge is -2.24. The van der Waals surface area contributed by atoms with Crippen LogP contribution >= 0.6 is 23.4 Å². The quantitative estimate of drug-likeness (QED) is 0.105. The van der Waals surface area contributed by atoms with Crippen LogP contribution in [0.2, 0.25) is 5.02 Å². The molecule has 0 fully saturated rings. The number of carbonyl (C=O) groups is 1. The molecule has 218 valence electrons. The van der Waals surface area contributed by atoms with Crippen molar-refractivity contribution in [2.75, 3.05) is 23.7 Å². The second-order valence-corrected chi connectivity index (χ2v) is 12.1. The number of hydrogen-bond acceptors (Lipinski definition) is 7. The standard InChI is InChI=1S/C31H30ClN3O5S2/c1-3-39-27-14-10-26(11-15-27)35(42(37,38)30-18-16-29(41-2)17-19-30)21-31(36)34-33-20-23-6-12-28(13-7-23)40-22-24-4-8-25(32)9-5-24/h4-20H,3,21-22H2,1-2H3,(H,34,36)/b33-20-. The summed E-state index contributed by atoms with van der Waals surface area (Å²) in [5.74, 6) is 0.665. The Morgan fingerprint density at radius 1 is 0.905 bits per heavy atom. The minimum atomic E-state index is -4.06. The molecule has 11 heteroatoms. The average molecular weight is 624 g/mol. The molecule has 0 unspecified atom stereocenters. The molecule has 0 saturated carbocycles. The number of hydrogen-bond donors (Lipinski definition) is 1. The van der Waals surface area contributed by atoms with Gasteiger partial charge in [0.1, 0.15) is 24.7 Å². The third-order valence-electron chi connectivity index (χ3n) is 5.97. The number of thioether (sulfide) groups is 1. The number of amides is 1. The predicted molar refractivity (Wildman–Crippen MR) is 168 cm³/mol. The van der Waals surface area contributed by atoms with Crippen LogP contribution < -0.4 is 19.2 Å². The Bertz CT molecular complexity index is 1590. The summed E-state index contributed by atoms with van der Waals surface area (Å²) < 4.78 is 39.5. The van der Waals surface area contributed by atoms with Gasteiger partial charge in [-0.1, -0.05) is 23.7 Å². The van der Waals surface area contributed by atoms with Gasteiger partial charge in [-0.15, -0.1) is 11.8 Å². The van der Waals surface area contributed by atoms with Crippen LogP contribution in [0.15, 0.2) is 112 Å². The van der Waals surface area contributed by atoms with E-state index >= 15 is 0 Å². The molecular weight excluding hydrogens is 594 g/mol. The van der Waals surface area contributed by atoms with Gasteiger partial charge in [0, 0.05) is 9.92 Å². The molecule has 4 rings (SSSR count). The van der Waals surface area contributed by atoms with E-state index in [2.05, 4.69) is 10.5 Å². The Balaban J connectivity index is 1.42. The van der Waals surface area contributed by atoms with Gasteiger partial charge in [0.15, 0.2) is 0 Å². The number of benzene rings is 4. The van der Waals surface area contributed by atoms with Gasteiger partial charge in [0.25, 0.3) is 15.9 Å². The maximum atomic E-state index is 13.6. The summed E-state index contributed by atoms with van der Waals surface area (Å²) in [6.45, 7) is 2.26. The van der Waals surface area contributed by atoms with Crippen LogP contribution in [0.4, 0.5) is 5.69 Å². The molecule has 0 aliphatic rings. The summed E-state index contributed by atoms with van der Waals surface area (Å²) >= 11 is 7.42. The fraction of sp³-hybridized carbons (Fsp3) is 0.161. The fourth-order valence-electron chi connectivity index (χ4n) is 3.81. The number of rotatable bonds is 13. The molecule has 0 spiro atoms. The third-order valence-corrected chi connectivity index (χ3v) is 8.76. The van der Waals surface area contributed by atoms with Gasteiger partial charge >= 0.3 is 0 Å². The van der Waals surface area contributed by atoms with Gasteiger partial charge in [-0.25, -0.2) is 13.8 Å². The van der Waals surface area contributed by atoms with Crippen molar-refractivity contribution in [1.82, 2.24) is 5.43 Å². The summed E-state index contributed by atoms with van der Waals surface area (Å²) in [6, 6.07) is 27.6. The number of halogens is 1. The highest BCUT2D eigenvalue weighted by molar-refractivity contribution is 7.98. The largest absolute Gasteiger partial charge is 0.494 e. The van der Waals surface area contributed by atoms with E-state index in [1.54, 1.807) is 60.7 Å². The molecule has 0 saturated heterocycles. The maximum absolute atomic E-state index is 13.6. The minimum absolute atomic E-state index is 0.0730. The predicted octanol–water partition coefficient (Wildman–Crippen LogP) is 6.39. The van der Waals surface area contributed by atoms with Crippen LogP contribution in [0.3, 0.4) is 0 Å². The van der Waals surface area contributed by atoms with Gasteiger partial charge < -0.3 is 9.47 Å². The highest BCUT2D eigenvalue weighted by Gasteiger charge is 2.27. The number of hydrazone groups is 1. The van der Waals surface area contributed by atoms with Crippen molar-refractivity contribution in [3.63, 3.8) is 0 Å². The number of nitrogens with zero attached hydrogens (tertiary/aromatic N) is 2. The number of ether oxygens (including phenoxy) is 2. The van der Waals surface area contributed by atoms with E-state index in [-0.39, 0.29) is 4.90 Å². The monoisotopic (exact) mass is 623 g/mol. The molecule has 42 heavy (non-hydrogen) atoms. The van der Waals surface area contributed by atoms with E-state index in [0.717, 1.165) is 20.3 Å². The van der Waals surface area contributed by atoms with E-state index in [1.165, 1.54) is 30.1 Å². The molecular formula is C31H30ClN3O5S2. The van der Waals surface area contributed by atoms with Gasteiger partial charge in [-0.3, -0.25) is 9.10 Å². The molecule has 4 aromatic carbocycles. The van der Waals surface area contributed by atoms with Gasteiger partial charge in [0.05, 0.1) is 23.4 Å². The lowest BCUT2D eigenvalue weighted by atomic mass is 10.2. The van der Waals surface area contributed by atoms with E-state index in [1.807, 2.05) is 37.4 Å². The molecule has 4 aromatic rings. The Morgan fingerprint density at radius 3 is 2.14 bits per heavy atom. The topological polar surface area (TPSA) is 97.3 Å². The highest BCUT2D eigenvalue weighted by Crippen LogP contribution is 2.27. The van der Waals surface area contributed by atoms with Crippen molar-refractivity contribution in [2.45, 2.75) is 23.3 Å². The first kappa shape index (κ1) is 31.0. The smallest absolute Gasteiger partial charge is 0.264 e. The molecule has 0 radical (unpaired) electrons. The first-order chi connectivity index (χ1) is 20.3. The number of anilines is 1. The zero-order valence-corrected chi connectivity index (χ0v) is 25.5. The van der Waals surface area contributed by atoms with Crippen LogP contribution in [-0.2, 0) is 21.4 Å². The SMILES string of the molecule is CCOc1ccc(N(CC(=O)N/N=C\c2ccc(OCc3ccc(Cl)cc3)cc2)S(=O)(=O)c2ccc(SC)cc2)cc1. The molecule has 0 aromatic heterocycles. The first-order valence-electron chi connectivity index (χ1n) is 13.0. The number of nitrogens with one attached hydrogen (secondary N) is 1. The molecule has 0 aliphatic carbocycles. The average Bonchev–Trinajstić information content (AvgIpc) is 3.01. The van der Waals surface area contributed by atoms with E-state index in [0.29, 0.717) is 35.4 Å². The Labute approximate surface area is 255 Å². The zero-order valence-electron chi connectivity index (χ0n) is 23.1. The second kappa shape index (κ2) is 14.8. The second-order valence-electron chi connectivity index (χ2n) is 8.89. The number of sulfonamides is 1. The zero-order chi connectivity index (χ0) is 30.0. The summed E-state index contributed by atoms with van der Waals surface area (Å²) in [5, 5.41) is 4.68. The van der Waals surface area contributed by atoms with Crippen LogP contribution in [0.5, 0.6) is 11.5 Å². The van der Waals surface area contributed by atoms with Crippen LogP contribution in [-0.4, -0.2) is 39.9 Å². The van der Waals surface area contributed by atoms with Crippen molar-refractivity contribution in [2.24, 2.45) is 5.10 Å². The van der Waals surface area contributed by atoms with Crippen LogP contribution in [0, 0.1) is 0 Å². The molecule has 0 bridgehead atoms. The van der Waals surface area contributed by atoms with Crippen molar-refractivity contribution < 1.29 is 22.7 Å². The summed E-state index contributed by atoms with van der Waals surface area (Å²) in [6.07, 6.45) is 3.38. The molecule has 1 N–H and O–H groups in total. The summed E-state index contributed by atoms with van der Waals surface area (Å²) in [7, 11) is -4.06. The number of carbonyl (C=O) groups excluding carboxylic acids is 1. The van der Waals surface area contributed by atoms with Crippen LogP contribution in [0.1, 0.15) is 18.1 Å². The van der Waals surface area contributed by atoms with Crippen molar-refractivity contribution in [3.05, 3.63) is 113 Å². The van der Waals surface area contributed by atoms with Gasteiger partial charge in [0.2, 0.25) is 0 Å². The molecule has 0 aliphatic heterocycles. The van der Waals surface area contributed by atoms with Gasteiger partial charge in [-0.2, -0.15) is 5.10 Å². The molecule has 0 atom stereocenters. The van der Waals surface area contributed by atoms with E-state index in [4.69, 9.17) is 21.1 Å². The summed E-state index contributed by atoms with van der Waals surface area (Å²) in [5.41, 5.74) is 4.46. The first-order valence-corrected chi connectivity index (χ1v) is 16.0. The Morgan fingerprint density at radius 2 is 1.52 bits per heavy atom. The molecule has 1 amide bonds. The van der Waals surface area contributed by atoms with Crippen molar-refractivity contribution in [3.8, 4) is 11.5 Å². The Kier molecular flexibility index (Phi) is 10.9. The summed E-state index contributed by atoms with van der Waals surface area (Å²) in [4.78, 5) is 13.9. The van der Waals surface area contributed by atoms with Crippen molar-refractivity contribution >= 4 is 51.2 Å². The van der Waals surface area contributed by atoms with Gasteiger partial charge in [-0.05, 0) is 109 Å². The maximum Gasteiger partial charge on any atom is 0.264 e. The molecule has 0 heterocycles. The Hall–Kier alpha value is -3.99. The van der Waals surface area contributed by atoms with Crippen LogP contribution in [0.25, 0.3) is 0 Å².